The molecule has 1 aromatic carbocycles. The maximum atomic E-state index is 12.5. The fraction of sp³-hybridized carbons (Fsp3) is 0.526. The summed E-state index contributed by atoms with van der Waals surface area (Å²) in [6.07, 6.45) is -3.32. The van der Waals surface area contributed by atoms with E-state index in [4.69, 9.17) is 14.2 Å². The van der Waals surface area contributed by atoms with Crippen LogP contribution in [0.15, 0.2) is 0 Å². The number of carbonyl (C=O) groups is 3. The maximum Gasteiger partial charge on any atom is 0.345 e. The number of aliphatic hydroxyl groups excluding tert-OH is 2. The third-order valence-corrected chi connectivity index (χ3v) is 4.67. The van der Waals surface area contributed by atoms with Crippen molar-refractivity contribution in [3.05, 3.63) is 11.1 Å². The Balaban J connectivity index is 2.30. The average Bonchev–Trinajstić information content (AvgIpc) is 2.61. The number of benzene rings is 1. The molecule has 1 aromatic rings. The van der Waals surface area contributed by atoms with Crippen molar-refractivity contribution < 1.29 is 49.0 Å². The van der Waals surface area contributed by atoms with Crippen LogP contribution in [0.4, 0.5) is 0 Å². The van der Waals surface area contributed by atoms with E-state index >= 15 is 0 Å². The minimum Gasteiger partial charge on any atom is -0.504 e. The zero-order chi connectivity index (χ0) is 22.4. The highest BCUT2D eigenvalue weighted by atomic mass is 16.6. The zero-order valence-electron chi connectivity index (χ0n) is 16.6. The van der Waals surface area contributed by atoms with Crippen LogP contribution in [0.2, 0.25) is 0 Å². The van der Waals surface area contributed by atoms with Crippen LogP contribution in [0.25, 0.3) is 0 Å². The molecule has 2 unspecified atom stereocenters. The third-order valence-electron chi connectivity index (χ3n) is 4.67. The normalized spacial score (nSPS) is 22.3. The molecule has 0 aromatic heterocycles. The Labute approximate surface area is 171 Å². The molecule has 5 N–H and O–H groups in total. The standard InChI is InChI=1S/C19H23NO10/c1-18(2,3)20-6-9(22)12-14-8(7-21)13(25)16-15(12)29-11(24)5-19(27,17(26)30-16)4-10(23)28-14/h9,20-22,25,27H,4-7H2,1-3H3. The summed E-state index contributed by atoms with van der Waals surface area (Å²) in [6.45, 7) is 4.54. The van der Waals surface area contributed by atoms with E-state index in [0.29, 0.717) is 0 Å². The number of nitrogens with one attached hydrogen (secondary N) is 1. The van der Waals surface area contributed by atoms with Crippen LogP contribution in [0.3, 0.4) is 0 Å². The molecule has 4 aliphatic rings. The number of carbonyl (C=O) groups excluding carboxylic acids is 3. The Bertz CT molecular complexity index is 919. The van der Waals surface area contributed by atoms with E-state index in [2.05, 4.69) is 5.32 Å². The second-order valence-corrected chi connectivity index (χ2v) is 8.26. The summed E-state index contributed by atoms with van der Waals surface area (Å²) in [7, 11) is 0. The summed E-state index contributed by atoms with van der Waals surface area (Å²) in [6, 6.07) is 0. The number of aromatic hydroxyl groups is 1. The first-order chi connectivity index (χ1) is 13.9. The lowest BCUT2D eigenvalue weighted by atomic mass is 9.93. The Kier molecular flexibility index (Phi) is 5.50. The summed E-state index contributed by atoms with van der Waals surface area (Å²) >= 11 is 0. The predicted molar refractivity (Wildman–Crippen MR) is 97.8 cm³/mol. The average molecular weight is 425 g/mol. The first kappa shape index (κ1) is 22.0. The van der Waals surface area contributed by atoms with Gasteiger partial charge in [-0.3, -0.25) is 9.59 Å². The van der Waals surface area contributed by atoms with Gasteiger partial charge < -0.3 is 40.0 Å². The van der Waals surface area contributed by atoms with Gasteiger partial charge in [-0.1, -0.05) is 0 Å². The van der Waals surface area contributed by atoms with Gasteiger partial charge in [-0.25, -0.2) is 4.79 Å². The van der Waals surface area contributed by atoms with E-state index in [9.17, 15) is 34.8 Å². The minimum atomic E-state index is -2.57. The fourth-order valence-electron chi connectivity index (χ4n) is 3.18. The van der Waals surface area contributed by atoms with Crippen LogP contribution in [0, 0.1) is 0 Å². The van der Waals surface area contributed by atoms with Gasteiger partial charge in [-0.05, 0) is 20.8 Å². The van der Waals surface area contributed by atoms with E-state index in [1.807, 2.05) is 20.8 Å². The largest absolute Gasteiger partial charge is 0.504 e. The number of β-amino-alcohol motifs (C(OH)–C–C–N with tert-alkyl or cyclic N) is 1. The van der Waals surface area contributed by atoms with E-state index in [-0.39, 0.29) is 17.7 Å². The number of ether oxygens (including phenoxy) is 3. The van der Waals surface area contributed by atoms with Crippen molar-refractivity contribution in [1.82, 2.24) is 5.32 Å². The molecule has 0 radical (unpaired) electrons. The quantitative estimate of drug-likeness (QED) is 0.313. The molecule has 0 fully saturated rings. The first-order valence-electron chi connectivity index (χ1n) is 9.18. The highest BCUT2D eigenvalue weighted by molar-refractivity contribution is 5.95. The van der Waals surface area contributed by atoms with Gasteiger partial charge in [0.15, 0.2) is 17.1 Å². The minimum absolute atomic E-state index is 0.106. The lowest BCUT2D eigenvalue weighted by Gasteiger charge is -2.32. The van der Waals surface area contributed by atoms with Gasteiger partial charge in [-0.2, -0.15) is 0 Å². The summed E-state index contributed by atoms with van der Waals surface area (Å²) in [5, 5.41) is 44.6. The molecule has 11 nitrogen and oxygen atoms in total. The molecule has 0 saturated heterocycles. The van der Waals surface area contributed by atoms with Gasteiger partial charge in [0.25, 0.3) is 0 Å². The molecule has 0 spiro atoms. The molecule has 4 heterocycles. The molecule has 0 amide bonds. The van der Waals surface area contributed by atoms with E-state index < -0.39 is 77.6 Å². The smallest absolute Gasteiger partial charge is 0.345 e. The van der Waals surface area contributed by atoms with Crippen molar-refractivity contribution in [1.29, 1.82) is 0 Å². The van der Waals surface area contributed by atoms with Crippen molar-refractivity contribution >= 4 is 17.9 Å². The summed E-state index contributed by atoms with van der Waals surface area (Å²) < 4.78 is 15.5. The van der Waals surface area contributed by atoms with Gasteiger partial charge >= 0.3 is 17.9 Å². The lowest BCUT2D eigenvalue weighted by Crippen LogP contribution is -2.48. The van der Waals surface area contributed by atoms with Gasteiger partial charge in [0.2, 0.25) is 5.75 Å². The second-order valence-electron chi connectivity index (χ2n) is 8.26. The van der Waals surface area contributed by atoms with E-state index in [0.717, 1.165) is 0 Å². The topological polar surface area (TPSA) is 172 Å². The number of aliphatic hydroxyl groups is 3. The Morgan fingerprint density at radius 3 is 2.13 bits per heavy atom. The highest BCUT2D eigenvalue weighted by Gasteiger charge is 2.49. The Morgan fingerprint density at radius 1 is 1.03 bits per heavy atom. The van der Waals surface area contributed by atoms with Gasteiger partial charge in [0, 0.05) is 12.1 Å². The number of rotatable bonds is 4. The molecular formula is C19H23NO10. The van der Waals surface area contributed by atoms with Crippen molar-refractivity contribution in [3.63, 3.8) is 0 Å². The first-order valence-corrected chi connectivity index (χ1v) is 9.18. The molecule has 4 aliphatic heterocycles. The summed E-state index contributed by atoms with van der Waals surface area (Å²) in [5.41, 5.74) is -3.63. The van der Waals surface area contributed by atoms with Crippen LogP contribution in [-0.2, 0) is 21.0 Å². The Hall–Kier alpha value is -2.73. The number of fused-ring (bicyclic) bond motifs is 3. The molecule has 4 bridgehead atoms. The molecule has 2 atom stereocenters. The molecular weight excluding hydrogens is 402 g/mol. The predicted octanol–water partition coefficient (Wildman–Crippen LogP) is -0.439. The van der Waals surface area contributed by atoms with Crippen LogP contribution in [0.1, 0.15) is 50.8 Å². The zero-order valence-corrected chi connectivity index (χ0v) is 16.6. The molecule has 0 aliphatic carbocycles. The number of phenols is 1. The molecule has 164 valence electrons. The molecule has 30 heavy (non-hydrogen) atoms. The van der Waals surface area contributed by atoms with Crippen molar-refractivity contribution in [3.8, 4) is 23.0 Å². The SMILES string of the molecule is CC(C)(C)NCC(O)c1c2c(CO)c(O)c3c1OC(=O)CC(O)(CC(=O)O2)C(=O)O3. The molecule has 0 saturated carbocycles. The second kappa shape index (κ2) is 7.51. The third kappa shape index (κ3) is 3.97. The van der Waals surface area contributed by atoms with Crippen molar-refractivity contribution in [2.75, 3.05) is 6.54 Å². The monoisotopic (exact) mass is 425 g/mol. The van der Waals surface area contributed by atoms with Crippen LogP contribution < -0.4 is 19.5 Å². The van der Waals surface area contributed by atoms with E-state index in [1.165, 1.54) is 0 Å². The summed E-state index contributed by atoms with van der Waals surface area (Å²) in [4.78, 5) is 37.3. The van der Waals surface area contributed by atoms with Crippen LogP contribution in [0.5, 0.6) is 23.0 Å². The summed E-state index contributed by atoms with van der Waals surface area (Å²) in [5.74, 6) is -6.13. The van der Waals surface area contributed by atoms with Gasteiger partial charge in [0.05, 0.1) is 36.7 Å². The Morgan fingerprint density at radius 2 is 1.60 bits per heavy atom. The highest BCUT2D eigenvalue weighted by Crippen LogP contribution is 2.52. The lowest BCUT2D eigenvalue weighted by molar-refractivity contribution is -0.169. The van der Waals surface area contributed by atoms with Crippen LogP contribution in [-0.4, -0.2) is 56.0 Å². The van der Waals surface area contributed by atoms with Gasteiger partial charge in [0.1, 0.15) is 5.75 Å². The molecule has 11 heteroatoms. The van der Waals surface area contributed by atoms with Crippen molar-refractivity contribution in [2.45, 2.75) is 57.5 Å². The maximum absolute atomic E-state index is 12.5. The van der Waals surface area contributed by atoms with E-state index in [1.54, 1.807) is 0 Å². The van der Waals surface area contributed by atoms with Crippen molar-refractivity contribution in [2.24, 2.45) is 0 Å². The number of esters is 3. The number of hydrogen-bond acceptors (Lipinski definition) is 11. The van der Waals surface area contributed by atoms with Crippen LogP contribution >= 0.6 is 0 Å². The van der Waals surface area contributed by atoms with Gasteiger partial charge in [-0.15, -0.1) is 0 Å². The fourth-order valence-corrected chi connectivity index (χ4v) is 3.18. The number of hydrogen-bond donors (Lipinski definition) is 5. The molecule has 5 rings (SSSR count).